The van der Waals surface area contributed by atoms with E-state index >= 15 is 0 Å². The Bertz CT molecular complexity index is 1410. The van der Waals surface area contributed by atoms with Crippen molar-refractivity contribution in [2.24, 2.45) is 0 Å². The van der Waals surface area contributed by atoms with E-state index in [0.29, 0.717) is 38.7 Å². The maximum atomic E-state index is 12.9. The van der Waals surface area contributed by atoms with Crippen LogP contribution >= 0.6 is 46.3 Å². The number of esters is 1. The summed E-state index contributed by atoms with van der Waals surface area (Å²) in [5.74, 6) is -0.464. The highest BCUT2D eigenvalue weighted by molar-refractivity contribution is 7.99. The fourth-order valence-electron chi connectivity index (χ4n) is 4.13. The third kappa shape index (κ3) is 7.02. The normalized spacial score (nSPS) is 12.5. The van der Waals surface area contributed by atoms with Crippen LogP contribution in [0.4, 0.5) is 5.00 Å². The number of rotatable bonds is 11. The third-order valence-electron chi connectivity index (χ3n) is 5.93. The molecule has 2 amide bonds. The summed E-state index contributed by atoms with van der Waals surface area (Å²) >= 11 is 14.6. The molecule has 0 bridgehead atoms. The number of anilines is 1. The van der Waals surface area contributed by atoms with Crippen LogP contribution in [-0.2, 0) is 35.5 Å². The highest BCUT2D eigenvalue weighted by Gasteiger charge is 2.27. The number of carbonyl (C=O) groups excluding carboxylic acids is 3. The first-order valence-electron chi connectivity index (χ1n) is 12.3. The van der Waals surface area contributed by atoms with Crippen LogP contribution in [0, 0.1) is 0 Å². The number of halogens is 2. The van der Waals surface area contributed by atoms with Gasteiger partial charge in [0.2, 0.25) is 5.91 Å². The van der Waals surface area contributed by atoms with Gasteiger partial charge in [-0.3, -0.25) is 9.59 Å². The van der Waals surface area contributed by atoms with Gasteiger partial charge in [0.05, 0.1) is 34.5 Å². The molecule has 0 aliphatic heterocycles. The smallest absolute Gasteiger partial charge is 0.341 e. The second kappa shape index (κ2) is 13.5. The number of thioether (sulfide) groups is 1. The number of hydrogen-bond acceptors (Lipinski definition) is 8. The second-order valence-electron chi connectivity index (χ2n) is 8.58. The van der Waals surface area contributed by atoms with Gasteiger partial charge in [-0.25, -0.2) is 4.79 Å². The molecular weight excluding hydrogens is 581 g/mol. The zero-order chi connectivity index (χ0) is 27.9. The zero-order valence-corrected chi connectivity index (χ0v) is 24.4. The van der Waals surface area contributed by atoms with Crippen LogP contribution in [0.5, 0.6) is 0 Å². The van der Waals surface area contributed by atoms with Gasteiger partial charge in [0.15, 0.2) is 11.0 Å². The van der Waals surface area contributed by atoms with E-state index in [9.17, 15) is 14.4 Å². The minimum atomic E-state index is -0.405. The number of amides is 2. The fourth-order valence-corrected chi connectivity index (χ4v) is 6.49. The van der Waals surface area contributed by atoms with Gasteiger partial charge in [0.25, 0.3) is 5.91 Å². The number of nitrogens with zero attached hydrogens (tertiary/aromatic N) is 3. The molecule has 1 aliphatic rings. The van der Waals surface area contributed by atoms with E-state index < -0.39 is 5.97 Å². The summed E-state index contributed by atoms with van der Waals surface area (Å²) in [5, 5.41) is 15.8. The minimum absolute atomic E-state index is 0.0513. The van der Waals surface area contributed by atoms with Gasteiger partial charge in [-0.2, -0.15) is 0 Å². The maximum Gasteiger partial charge on any atom is 0.341 e. The number of allylic oxidation sites excluding steroid dienone is 1. The standard InChI is InChI=1S/C26H27Cl2N5O4S2/c1-3-11-33-20(13-29-23(35)15-9-10-17(27)18(28)12-15)31-32-26(33)38-14-21(34)30-24-22(25(36)37-4-2)16-7-5-6-8-19(16)39-24/h3,9-10,12H,1,4-8,11,13-14H2,2H3,(H,29,35)(H,30,34). The fraction of sp³-hybridized carbons (Fsp3) is 0.346. The van der Waals surface area contributed by atoms with E-state index in [0.717, 1.165) is 36.1 Å². The quantitative estimate of drug-likeness (QED) is 0.167. The Hall–Kier alpha value is -2.86. The molecule has 2 N–H and O–H groups in total. The van der Waals surface area contributed by atoms with Crippen LogP contribution in [-0.4, -0.2) is 44.9 Å². The number of nitrogens with one attached hydrogen (secondary N) is 2. The van der Waals surface area contributed by atoms with Crippen molar-refractivity contribution in [3.63, 3.8) is 0 Å². The van der Waals surface area contributed by atoms with E-state index in [1.165, 1.54) is 29.2 Å². The van der Waals surface area contributed by atoms with Gasteiger partial charge in [0, 0.05) is 17.0 Å². The van der Waals surface area contributed by atoms with Crippen LogP contribution in [0.25, 0.3) is 0 Å². The summed E-state index contributed by atoms with van der Waals surface area (Å²) in [5.41, 5.74) is 1.83. The Morgan fingerprint density at radius 1 is 1.21 bits per heavy atom. The molecule has 13 heteroatoms. The lowest BCUT2D eigenvalue weighted by atomic mass is 9.95. The van der Waals surface area contributed by atoms with E-state index in [4.69, 9.17) is 27.9 Å². The van der Waals surface area contributed by atoms with E-state index in [2.05, 4.69) is 27.4 Å². The predicted octanol–water partition coefficient (Wildman–Crippen LogP) is 5.55. The number of aromatic nitrogens is 3. The van der Waals surface area contributed by atoms with E-state index in [1.54, 1.807) is 29.7 Å². The van der Waals surface area contributed by atoms with Crippen LogP contribution in [0.15, 0.2) is 36.0 Å². The van der Waals surface area contributed by atoms with Crippen molar-refractivity contribution in [2.75, 3.05) is 17.7 Å². The van der Waals surface area contributed by atoms with Crippen molar-refractivity contribution >= 4 is 69.1 Å². The SMILES string of the molecule is C=CCn1c(CNC(=O)c2ccc(Cl)c(Cl)c2)nnc1SCC(=O)Nc1sc2c(c1C(=O)OCC)CCCC2. The van der Waals surface area contributed by atoms with Crippen LogP contribution in [0.3, 0.4) is 0 Å². The molecule has 206 valence electrons. The van der Waals surface area contributed by atoms with Gasteiger partial charge in [-0.05, 0) is 56.4 Å². The number of ether oxygens (including phenoxy) is 1. The van der Waals surface area contributed by atoms with Crippen molar-refractivity contribution in [3.05, 3.63) is 68.3 Å². The summed E-state index contributed by atoms with van der Waals surface area (Å²) in [7, 11) is 0. The Morgan fingerprint density at radius 2 is 2.00 bits per heavy atom. The Balaban J connectivity index is 1.41. The average Bonchev–Trinajstić information content (AvgIpc) is 3.48. The topological polar surface area (TPSA) is 115 Å². The largest absolute Gasteiger partial charge is 0.462 e. The van der Waals surface area contributed by atoms with Crippen LogP contribution < -0.4 is 10.6 Å². The maximum absolute atomic E-state index is 12.9. The van der Waals surface area contributed by atoms with Gasteiger partial charge in [-0.15, -0.1) is 28.1 Å². The number of fused-ring (bicyclic) bond motifs is 1. The number of hydrogen-bond donors (Lipinski definition) is 2. The van der Waals surface area contributed by atoms with E-state index in [-0.39, 0.29) is 35.7 Å². The molecule has 2 heterocycles. The van der Waals surface area contributed by atoms with Crippen molar-refractivity contribution in [1.29, 1.82) is 0 Å². The number of benzene rings is 1. The van der Waals surface area contributed by atoms with Crippen LogP contribution in [0.2, 0.25) is 10.0 Å². The highest BCUT2D eigenvalue weighted by Crippen LogP contribution is 2.38. The Kier molecular flexibility index (Phi) is 10.1. The molecule has 0 atom stereocenters. The summed E-state index contributed by atoms with van der Waals surface area (Å²) in [6.07, 6.45) is 5.45. The molecule has 0 saturated carbocycles. The summed E-state index contributed by atoms with van der Waals surface area (Å²) < 4.78 is 7.04. The molecule has 1 aromatic carbocycles. The van der Waals surface area contributed by atoms with Crippen molar-refractivity contribution < 1.29 is 19.1 Å². The lowest BCUT2D eigenvalue weighted by Crippen LogP contribution is -2.25. The first kappa shape index (κ1) is 29.1. The zero-order valence-electron chi connectivity index (χ0n) is 21.2. The molecular formula is C26H27Cl2N5O4S2. The van der Waals surface area contributed by atoms with Gasteiger partial charge in [-0.1, -0.05) is 41.0 Å². The molecule has 39 heavy (non-hydrogen) atoms. The Morgan fingerprint density at radius 3 is 2.74 bits per heavy atom. The first-order valence-corrected chi connectivity index (χ1v) is 14.9. The number of aryl methyl sites for hydroxylation is 1. The summed E-state index contributed by atoms with van der Waals surface area (Å²) in [4.78, 5) is 39.2. The average molecular weight is 609 g/mol. The molecule has 3 aromatic rings. The van der Waals surface area contributed by atoms with Gasteiger partial charge < -0.3 is 19.9 Å². The molecule has 4 rings (SSSR count). The minimum Gasteiger partial charge on any atom is -0.462 e. The second-order valence-corrected chi connectivity index (χ2v) is 11.4. The van der Waals surface area contributed by atoms with Crippen molar-refractivity contribution in [3.8, 4) is 0 Å². The lowest BCUT2D eigenvalue weighted by molar-refractivity contribution is -0.113. The molecule has 0 radical (unpaired) electrons. The predicted molar refractivity (Wildman–Crippen MR) is 154 cm³/mol. The molecule has 1 aliphatic carbocycles. The monoisotopic (exact) mass is 607 g/mol. The van der Waals surface area contributed by atoms with Crippen LogP contribution in [0.1, 0.15) is 56.7 Å². The molecule has 0 spiro atoms. The van der Waals surface area contributed by atoms with Gasteiger partial charge >= 0.3 is 5.97 Å². The van der Waals surface area contributed by atoms with Crippen molar-refractivity contribution in [1.82, 2.24) is 20.1 Å². The third-order valence-corrected chi connectivity index (χ3v) is 8.84. The van der Waals surface area contributed by atoms with Gasteiger partial charge in [0.1, 0.15) is 5.00 Å². The first-order chi connectivity index (χ1) is 18.8. The molecule has 0 fully saturated rings. The Labute approximate surface area is 244 Å². The van der Waals surface area contributed by atoms with Crippen molar-refractivity contribution in [2.45, 2.75) is 50.9 Å². The molecule has 2 aromatic heterocycles. The summed E-state index contributed by atoms with van der Waals surface area (Å²) in [6, 6.07) is 4.63. The number of thiophene rings is 1. The number of carbonyl (C=O) groups is 3. The van der Waals surface area contributed by atoms with E-state index in [1.807, 2.05) is 0 Å². The summed E-state index contributed by atoms with van der Waals surface area (Å²) in [6.45, 7) is 6.30. The highest BCUT2D eigenvalue weighted by atomic mass is 35.5. The molecule has 0 unspecified atom stereocenters. The lowest BCUT2D eigenvalue weighted by Gasteiger charge is -2.12. The molecule has 0 saturated heterocycles. The molecule has 9 nitrogen and oxygen atoms in total.